The lowest BCUT2D eigenvalue weighted by Crippen LogP contribution is -2.36. The molecule has 0 saturated heterocycles. The van der Waals surface area contributed by atoms with E-state index in [9.17, 15) is 9.59 Å². The van der Waals surface area contributed by atoms with Gasteiger partial charge in [0, 0.05) is 37.8 Å². The lowest BCUT2D eigenvalue weighted by atomic mass is 10.1. The van der Waals surface area contributed by atoms with Crippen LogP contribution in [0.1, 0.15) is 40.1 Å². The number of hydrogen-bond donors (Lipinski definition) is 1. The van der Waals surface area contributed by atoms with Crippen LogP contribution in [-0.2, 0) is 6.42 Å². The summed E-state index contributed by atoms with van der Waals surface area (Å²) in [6, 6.07) is 11.4. The highest BCUT2D eigenvalue weighted by Gasteiger charge is 2.18. The van der Waals surface area contributed by atoms with E-state index >= 15 is 0 Å². The first kappa shape index (κ1) is 18.5. The predicted molar refractivity (Wildman–Crippen MR) is 104 cm³/mol. The van der Waals surface area contributed by atoms with Crippen molar-refractivity contribution in [2.75, 3.05) is 6.54 Å². The van der Waals surface area contributed by atoms with E-state index in [1.165, 1.54) is 0 Å². The molecule has 0 fully saturated rings. The second-order valence-electron chi connectivity index (χ2n) is 6.38. The largest absolute Gasteiger partial charge is 0.351 e. The first-order chi connectivity index (χ1) is 13.1. The Bertz CT molecular complexity index is 968. The van der Waals surface area contributed by atoms with E-state index in [0.717, 1.165) is 11.3 Å². The number of rotatable bonds is 6. The topological polar surface area (TPSA) is 76.9 Å². The quantitative estimate of drug-likeness (QED) is 0.731. The Hall–Kier alpha value is -3.28. The summed E-state index contributed by atoms with van der Waals surface area (Å²) in [5.41, 5.74) is 2.35. The van der Waals surface area contributed by atoms with Crippen molar-refractivity contribution in [2.45, 2.75) is 26.3 Å². The van der Waals surface area contributed by atoms with Gasteiger partial charge in [0.05, 0.1) is 11.7 Å². The zero-order valence-electron chi connectivity index (χ0n) is 15.4. The fourth-order valence-electron chi connectivity index (χ4n) is 2.97. The molecule has 0 aliphatic carbocycles. The molecular weight excluding hydrogens is 340 g/mol. The van der Waals surface area contributed by atoms with Crippen LogP contribution in [0.2, 0.25) is 0 Å². The lowest BCUT2D eigenvalue weighted by molar-refractivity contribution is 0.0951. The van der Waals surface area contributed by atoms with Gasteiger partial charge in [0.15, 0.2) is 0 Å². The molecule has 0 radical (unpaired) electrons. The molecule has 6 nitrogen and oxygen atoms in total. The molecule has 0 aliphatic rings. The van der Waals surface area contributed by atoms with Crippen LogP contribution in [0.5, 0.6) is 0 Å². The maximum absolute atomic E-state index is 13.0. The molecule has 3 rings (SSSR count). The lowest BCUT2D eigenvalue weighted by Gasteiger charge is -2.17. The average Bonchev–Trinajstić information content (AvgIpc) is 2.69. The number of nitrogens with zero attached hydrogens (tertiary/aromatic N) is 3. The molecule has 138 valence electrons. The summed E-state index contributed by atoms with van der Waals surface area (Å²) in [6.07, 6.45) is 7.17. The van der Waals surface area contributed by atoms with E-state index in [2.05, 4.69) is 15.3 Å². The summed E-state index contributed by atoms with van der Waals surface area (Å²) < 4.78 is 1.60. The summed E-state index contributed by atoms with van der Waals surface area (Å²) in [6.45, 7) is 4.11. The maximum Gasteiger partial charge on any atom is 0.264 e. The molecule has 0 bridgehead atoms. The molecule has 2 heterocycles. The molecule has 1 N–H and O–H groups in total. The van der Waals surface area contributed by atoms with Crippen LogP contribution >= 0.6 is 0 Å². The summed E-state index contributed by atoms with van der Waals surface area (Å²) in [5.74, 6) is -0.365. The number of carbonyl (C=O) groups excluding carboxylic acids is 1. The van der Waals surface area contributed by atoms with Crippen molar-refractivity contribution in [1.82, 2.24) is 19.9 Å². The number of hydrogen-bond acceptors (Lipinski definition) is 4. The molecule has 0 spiro atoms. The van der Waals surface area contributed by atoms with Gasteiger partial charge >= 0.3 is 0 Å². The molecule has 27 heavy (non-hydrogen) atoms. The third kappa shape index (κ3) is 4.28. The monoisotopic (exact) mass is 362 g/mol. The number of benzene rings is 1. The Balaban J connectivity index is 1.78. The van der Waals surface area contributed by atoms with Crippen molar-refractivity contribution in [2.24, 2.45) is 0 Å². The Morgan fingerprint density at radius 2 is 1.96 bits per heavy atom. The fraction of sp³-hybridized carbons (Fsp3) is 0.238. The van der Waals surface area contributed by atoms with E-state index in [-0.39, 0.29) is 23.1 Å². The van der Waals surface area contributed by atoms with Crippen molar-refractivity contribution in [1.29, 1.82) is 0 Å². The van der Waals surface area contributed by atoms with E-state index in [1.54, 1.807) is 42.3 Å². The molecule has 1 unspecified atom stereocenters. The second kappa shape index (κ2) is 8.40. The van der Waals surface area contributed by atoms with Gasteiger partial charge in [-0.2, -0.15) is 0 Å². The van der Waals surface area contributed by atoms with E-state index in [0.29, 0.717) is 18.5 Å². The first-order valence-electron chi connectivity index (χ1n) is 8.87. The minimum Gasteiger partial charge on any atom is -0.351 e. The summed E-state index contributed by atoms with van der Waals surface area (Å²) >= 11 is 0. The Morgan fingerprint density at radius 3 is 2.67 bits per heavy atom. The Morgan fingerprint density at radius 1 is 1.19 bits per heavy atom. The van der Waals surface area contributed by atoms with Crippen LogP contribution in [0.25, 0.3) is 0 Å². The molecular formula is C21H22N4O2. The summed E-state index contributed by atoms with van der Waals surface area (Å²) in [7, 11) is 0. The highest BCUT2D eigenvalue weighted by molar-refractivity contribution is 5.95. The van der Waals surface area contributed by atoms with Gasteiger partial charge in [-0.3, -0.25) is 19.6 Å². The Kier molecular flexibility index (Phi) is 5.76. The van der Waals surface area contributed by atoms with Gasteiger partial charge in [0.25, 0.3) is 11.5 Å². The van der Waals surface area contributed by atoms with Crippen molar-refractivity contribution in [3.63, 3.8) is 0 Å². The van der Waals surface area contributed by atoms with Gasteiger partial charge in [-0.15, -0.1) is 0 Å². The number of carbonyl (C=O) groups is 1. The van der Waals surface area contributed by atoms with Gasteiger partial charge in [-0.05, 0) is 31.0 Å². The van der Waals surface area contributed by atoms with E-state index < -0.39 is 0 Å². The molecule has 1 aromatic carbocycles. The average molecular weight is 362 g/mol. The van der Waals surface area contributed by atoms with E-state index in [1.807, 2.05) is 37.3 Å². The maximum atomic E-state index is 13.0. The van der Waals surface area contributed by atoms with Gasteiger partial charge in [-0.1, -0.05) is 30.3 Å². The second-order valence-corrected chi connectivity index (χ2v) is 6.38. The van der Waals surface area contributed by atoms with Crippen molar-refractivity contribution in [3.05, 3.63) is 93.9 Å². The van der Waals surface area contributed by atoms with Crippen LogP contribution in [0.4, 0.5) is 0 Å². The highest BCUT2D eigenvalue weighted by Crippen LogP contribution is 2.16. The predicted octanol–water partition coefficient (Wildman–Crippen LogP) is 2.53. The van der Waals surface area contributed by atoms with Crippen molar-refractivity contribution < 1.29 is 4.79 Å². The molecule has 0 saturated carbocycles. The van der Waals surface area contributed by atoms with E-state index in [4.69, 9.17) is 0 Å². The molecule has 1 amide bonds. The zero-order valence-corrected chi connectivity index (χ0v) is 15.4. The van der Waals surface area contributed by atoms with Crippen LogP contribution < -0.4 is 10.9 Å². The SMILES string of the molecule is Cc1ccn(C(C)c2ccccc2)c(=O)c1C(=O)NCCc1cnccn1. The zero-order chi connectivity index (χ0) is 19.2. The fourth-order valence-corrected chi connectivity index (χ4v) is 2.97. The third-order valence-corrected chi connectivity index (χ3v) is 4.54. The van der Waals surface area contributed by atoms with Crippen molar-refractivity contribution >= 4 is 5.91 Å². The third-order valence-electron chi connectivity index (χ3n) is 4.54. The van der Waals surface area contributed by atoms with Crippen molar-refractivity contribution in [3.8, 4) is 0 Å². The minimum absolute atomic E-state index is 0.162. The van der Waals surface area contributed by atoms with Gasteiger partial charge in [0.2, 0.25) is 0 Å². The number of pyridine rings is 1. The number of amides is 1. The molecule has 1 atom stereocenters. The molecule has 6 heteroatoms. The number of nitrogens with one attached hydrogen (secondary N) is 1. The van der Waals surface area contributed by atoms with Gasteiger partial charge in [-0.25, -0.2) is 0 Å². The molecule has 3 aromatic rings. The summed E-state index contributed by atoms with van der Waals surface area (Å²) in [4.78, 5) is 33.8. The van der Waals surface area contributed by atoms with Crippen LogP contribution in [0.15, 0.2) is 66.0 Å². The highest BCUT2D eigenvalue weighted by atomic mass is 16.2. The van der Waals surface area contributed by atoms with Gasteiger partial charge in [0.1, 0.15) is 5.56 Å². The van der Waals surface area contributed by atoms with Gasteiger partial charge < -0.3 is 9.88 Å². The molecule has 2 aromatic heterocycles. The smallest absolute Gasteiger partial charge is 0.264 e. The minimum atomic E-state index is -0.365. The normalized spacial score (nSPS) is 11.8. The Labute approximate surface area is 157 Å². The standard InChI is InChI=1S/C21H22N4O2/c1-15-9-13-25(16(2)17-6-4-3-5-7-17)21(27)19(15)20(26)24-10-8-18-14-22-11-12-23-18/h3-7,9,11-14,16H,8,10H2,1-2H3,(H,24,26). The number of aromatic nitrogens is 3. The van der Waals surface area contributed by atoms with Crippen LogP contribution in [0.3, 0.4) is 0 Å². The first-order valence-corrected chi connectivity index (χ1v) is 8.87. The van der Waals surface area contributed by atoms with Crippen LogP contribution in [0, 0.1) is 6.92 Å². The van der Waals surface area contributed by atoms with Crippen LogP contribution in [-0.4, -0.2) is 27.0 Å². The summed E-state index contributed by atoms with van der Waals surface area (Å²) in [5, 5.41) is 2.81. The number of aryl methyl sites for hydroxylation is 1. The molecule has 0 aliphatic heterocycles.